The second-order valence-electron chi connectivity index (χ2n) is 3.17. The lowest BCUT2D eigenvalue weighted by Crippen LogP contribution is -2.41. The maximum Gasteiger partial charge on any atom is 0.195 e. The molecule has 1 aliphatic heterocycles. The number of halogens is 1. The first kappa shape index (κ1) is 10.2. The van der Waals surface area contributed by atoms with Crippen LogP contribution in [0.15, 0.2) is 23.3 Å². The van der Waals surface area contributed by atoms with E-state index in [-0.39, 0.29) is 0 Å². The van der Waals surface area contributed by atoms with Crippen molar-refractivity contribution < 1.29 is 4.74 Å². The summed E-state index contributed by atoms with van der Waals surface area (Å²) in [6.45, 7) is 1.42. The maximum absolute atomic E-state index is 5.71. The van der Waals surface area contributed by atoms with Gasteiger partial charge in [-0.15, -0.1) is 0 Å². The zero-order valence-electron chi connectivity index (χ0n) is 8.06. The van der Waals surface area contributed by atoms with Gasteiger partial charge < -0.3 is 15.4 Å². The van der Waals surface area contributed by atoms with Gasteiger partial charge in [-0.3, -0.25) is 0 Å². The van der Waals surface area contributed by atoms with Gasteiger partial charge >= 0.3 is 0 Å². The van der Waals surface area contributed by atoms with E-state index in [1.54, 1.807) is 12.3 Å². The largest absolute Gasteiger partial charge is 0.370 e. The predicted octanol–water partition coefficient (Wildman–Crippen LogP) is 0.797. The van der Waals surface area contributed by atoms with E-state index < -0.39 is 0 Å². The molecular formula is C9H11ClN4O. The van der Waals surface area contributed by atoms with Crippen LogP contribution in [0, 0.1) is 0 Å². The Morgan fingerprint density at radius 2 is 2.40 bits per heavy atom. The Bertz CT molecular complexity index is 365. The summed E-state index contributed by atoms with van der Waals surface area (Å²) in [7, 11) is 0. The van der Waals surface area contributed by atoms with Crippen LogP contribution in [0.2, 0.25) is 5.15 Å². The number of hydrogen-bond donors (Lipinski definition) is 1. The molecule has 0 fully saturated rings. The lowest BCUT2D eigenvalue weighted by atomic mass is 10.3. The van der Waals surface area contributed by atoms with Gasteiger partial charge in [0.2, 0.25) is 0 Å². The van der Waals surface area contributed by atoms with E-state index in [9.17, 15) is 0 Å². The molecule has 2 rings (SSSR count). The molecule has 2 heterocycles. The Balaban J connectivity index is 2.05. The van der Waals surface area contributed by atoms with Crippen LogP contribution in [0.5, 0.6) is 0 Å². The quantitative estimate of drug-likeness (QED) is 0.758. The van der Waals surface area contributed by atoms with Gasteiger partial charge in [0.1, 0.15) is 18.6 Å². The summed E-state index contributed by atoms with van der Waals surface area (Å²) >= 11 is 5.69. The van der Waals surface area contributed by atoms with Crippen LogP contribution in [-0.4, -0.2) is 29.3 Å². The fraction of sp³-hybridized carbons (Fsp3) is 0.333. The van der Waals surface area contributed by atoms with Crippen molar-refractivity contribution in [3.8, 4) is 0 Å². The molecule has 0 bridgehead atoms. The Hall–Kier alpha value is -1.33. The van der Waals surface area contributed by atoms with E-state index in [0.29, 0.717) is 31.1 Å². The molecule has 15 heavy (non-hydrogen) atoms. The molecule has 0 saturated carbocycles. The molecule has 0 atom stereocenters. The summed E-state index contributed by atoms with van der Waals surface area (Å²) in [4.78, 5) is 9.79. The molecule has 1 aliphatic rings. The summed E-state index contributed by atoms with van der Waals surface area (Å²) in [5, 5.41) is 0.482. The normalized spacial score (nSPS) is 16.3. The van der Waals surface area contributed by atoms with Gasteiger partial charge in [-0.05, 0) is 11.6 Å². The number of nitrogens with two attached hydrogens (primary N) is 1. The number of aromatic nitrogens is 1. The minimum atomic E-state index is 0.335. The topological polar surface area (TPSA) is 63.7 Å². The zero-order valence-corrected chi connectivity index (χ0v) is 8.81. The maximum atomic E-state index is 5.71. The van der Waals surface area contributed by atoms with Gasteiger partial charge in [-0.1, -0.05) is 17.7 Å². The highest BCUT2D eigenvalue weighted by molar-refractivity contribution is 6.29. The highest BCUT2D eigenvalue weighted by atomic mass is 35.5. The molecule has 1 aromatic heterocycles. The average Bonchev–Trinajstić information content (AvgIpc) is 2.25. The highest BCUT2D eigenvalue weighted by Crippen LogP contribution is 2.09. The number of nitrogens with zero attached hydrogens (tertiary/aromatic N) is 3. The zero-order chi connectivity index (χ0) is 10.7. The van der Waals surface area contributed by atoms with Gasteiger partial charge in [0.15, 0.2) is 5.96 Å². The van der Waals surface area contributed by atoms with Crippen molar-refractivity contribution in [2.45, 2.75) is 6.54 Å². The minimum Gasteiger partial charge on any atom is -0.370 e. The van der Waals surface area contributed by atoms with Crippen LogP contribution < -0.4 is 5.73 Å². The highest BCUT2D eigenvalue weighted by Gasteiger charge is 2.12. The van der Waals surface area contributed by atoms with Gasteiger partial charge in [-0.2, -0.15) is 0 Å². The average molecular weight is 227 g/mol. The molecule has 0 saturated heterocycles. The molecule has 0 spiro atoms. The molecule has 0 radical (unpaired) electrons. The number of guanidine groups is 1. The van der Waals surface area contributed by atoms with Crippen molar-refractivity contribution in [1.29, 1.82) is 0 Å². The molecule has 5 nitrogen and oxygen atoms in total. The standard InChI is InChI=1S/C9H11ClN4O/c10-8-2-1-7(3-12-8)4-14-6-15-5-13-9(14)11/h1-3H,4-6H2,(H2,11,13). The van der Waals surface area contributed by atoms with E-state index in [2.05, 4.69) is 9.98 Å². The fourth-order valence-corrected chi connectivity index (χ4v) is 1.39. The monoisotopic (exact) mass is 226 g/mol. The van der Waals surface area contributed by atoms with Crippen LogP contribution >= 0.6 is 11.6 Å². The summed E-state index contributed by atoms with van der Waals surface area (Å²) in [6, 6.07) is 3.65. The van der Waals surface area contributed by atoms with Gasteiger partial charge in [0.25, 0.3) is 0 Å². The molecule has 0 unspecified atom stereocenters. The molecule has 80 valence electrons. The summed E-state index contributed by atoms with van der Waals surface area (Å²) in [5.74, 6) is 0.496. The summed E-state index contributed by atoms with van der Waals surface area (Å²) in [6.07, 6.45) is 1.71. The molecule has 0 amide bonds. The predicted molar refractivity (Wildman–Crippen MR) is 57.2 cm³/mol. The number of ether oxygens (including phenoxy) is 1. The number of rotatable bonds is 2. The molecule has 0 aliphatic carbocycles. The first-order valence-electron chi connectivity index (χ1n) is 4.49. The summed E-state index contributed by atoms with van der Waals surface area (Å²) in [5.41, 5.74) is 6.72. The van der Waals surface area contributed by atoms with Crippen molar-refractivity contribution in [1.82, 2.24) is 9.88 Å². The van der Waals surface area contributed by atoms with Crippen molar-refractivity contribution in [3.05, 3.63) is 29.0 Å². The van der Waals surface area contributed by atoms with E-state index in [1.165, 1.54) is 0 Å². The van der Waals surface area contributed by atoms with Crippen LogP contribution in [-0.2, 0) is 11.3 Å². The Labute approximate surface area is 92.5 Å². The smallest absolute Gasteiger partial charge is 0.195 e. The lowest BCUT2D eigenvalue weighted by molar-refractivity contribution is 0.0493. The molecule has 1 aromatic rings. The van der Waals surface area contributed by atoms with Crippen molar-refractivity contribution in [2.75, 3.05) is 13.5 Å². The Kier molecular flexibility index (Phi) is 3.03. The van der Waals surface area contributed by atoms with E-state index >= 15 is 0 Å². The van der Waals surface area contributed by atoms with Gasteiger partial charge in [-0.25, -0.2) is 9.98 Å². The van der Waals surface area contributed by atoms with Crippen molar-refractivity contribution >= 4 is 17.6 Å². The lowest BCUT2D eigenvalue weighted by Gasteiger charge is -2.26. The number of pyridine rings is 1. The van der Waals surface area contributed by atoms with Crippen LogP contribution in [0.4, 0.5) is 0 Å². The number of aliphatic imine (C=N–C) groups is 1. The van der Waals surface area contributed by atoms with Crippen LogP contribution in [0.1, 0.15) is 5.56 Å². The number of hydrogen-bond acceptors (Lipinski definition) is 5. The molecule has 0 aromatic carbocycles. The molecule has 6 heteroatoms. The van der Waals surface area contributed by atoms with Crippen molar-refractivity contribution in [3.63, 3.8) is 0 Å². The second kappa shape index (κ2) is 4.46. The van der Waals surface area contributed by atoms with Crippen molar-refractivity contribution in [2.24, 2.45) is 10.7 Å². The molecular weight excluding hydrogens is 216 g/mol. The van der Waals surface area contributed by atoms with E-state index in [0.717, 1.165) is 5.56 Å². The first-order valence-corrected chi connectivity index (χ1v) is 4.86. The van der Waals surface area contributed by atoms with E-state index in [1.807, 2.05) is 11.0 Å². The SMILES string of the molecule is NC1=NCOCN1Cc1ccc(Cl)nc1. The van der Waals surface area contributed by atoms with E-state index in [4.69, 9.17) is 22.1 Å². The first-order chi connectivity index (χ1) is 7.25. The van der Waals surface area contributed by atoms with Crippen LogP contribution in [0.3, 0.4) is 0 Å². The molecule has 2 N–H and O–H groups in total. The Morgan fingerprint density at radius 1 is 1.53 bits per heavy atom. The summed E-state index contributed by atoms with van der Waals surface area (Å²) < 4.78 is 5.16. The van der Waals surface area contributed by atoms with Gasteiger partial charge in [0, 0.05) is 12.7 Å². The Morgan fingerprint density at radius 3 is 3.07 bits per heavy atom. The third-order valence-corrected chi connectivity index (χ3v) is 2.27. The fourth-order valence-electron chi connectivity index (χ4n) is 1.28. The second-order valence-corrected chi connectivity index (χ2v) is 3.55. The van der Waals surface area contributed by atoms with Crippen LogP contribution in [0.25, 0.3) is 0 Å². The van der Waals surface area contributed by atoms with Gasteiger partial charge in [0.05, 0.1) is 0 Å². The third kappa shape index (κ3) is 2.57. The minimum absolute atomic E-state index is 0.335. The third-order valence-electron chi connectivity index (χ3n) is 2.05.